The van der Waals surface area contributed by atoms with Crippen LogP contribution in [0.25, 0.3) is 0 Å². The summed E-state index contributed by atoms with van der Waals surface area (Å²) >= 11 is 6.40. The molecule has 3 aliphatic carbocycles. The van der Waals surface area contributed by atoms with Gasteiger partial charge < -0.3 is 19.5 Å². The number of halogens is 1. The van der Waals surface area contributed by atoms with Crippen LogP contribution in [0.3, 0.4) is 0 Å². The standard InChI is InChI=1S/C33H42ClNO7S/c1-40-31(22-5-3-7-26(16-22)42-43(2,38)39)27-11-8-24(27)18-35-19-33(14-4-6-21-15-25(34)10-12-28(21)33)20-41-30-13-9-23(32(36)37)17-29(30)35/h9-10,12-13,15,17,22,24,26-27,31H,3-8,11,14,16,18-20H2,1-2H3,(H,36,37)/t22-,24-,26-,27+,31-,33-/m0/s1. The smallest absolute Gasteiger partial charge is 0.335 e. The third-order valence-electron chi connectivity index (χ3n) is 10.4. The molecule has 2 saturated carbocycles. The molecule has 10 heteroatoms. The number of ether oxygens (including phenoxy) is 2. The first-order chi connectivity index (χ1) is 20.5. The van der Waals surface area contributed by atoms with Crippen molar-refractivity contribution in [3.8, 4) is 5.75 Å². The minimum atomic E-state index is -3.51. The van der Waals surface area contributed by atoms with Crippen LogP contribution < -0.4 is 9.64 Å². The van der Waals surface area contributed by atoms with Crippen LogP contribution in [0.5, 0.6) is 5.75 Å². The average molecular weight is 632 g/mol. The first-order valence-electron chi connectivity index (χ1n) is 15.5. The van der Waals surface area contributed by atoms with Crippen LogP contribution in [0.15, 0.2) is 36.4 Å². The number of methoxy groups -OCH3 is 1. The van der Waals surface area contributed by atoms with Gasteiger partial charge in [0.25, 0.3) is 10.1 Å². The summed E-state index contributed by atoms with van der Waals surface area (Å²) in [4.78, 5) is 14.4. The lowest BCUT2D eigenvalue weighted by molar-refractivity contribution is -0.0693. The monoisotopic (exact) mass is 631 g/mol. The van der Waals surface area contributed by atoms with Gasteiger partial charge in [0.2, 0.25) is 0 Å². The highest BCUT2D eigenvalue weighted by molar-refractivity contribution is 7.86. The Morgan fingerprint density at radius 3 is 2.72 bits per heavy atom. The predicted octanol–water partition coefficient (Wildman–Crippen LogP) is 6.09. The number of anilines is 1. The van der Waals surface area contributed by atoms with Crippen molar-refractivity contribution in [2.24, 2.45) is 17.8 Å². The molecule has 6 atom stereocenters. The molecule has 234 valence electrons. The van der Waals surface area contributed by atoms with Gasteiger partial charge in [0.15, 0.2) is 0 Å². The molecule has 2 fully saturated rings. The SMILES string of the molecule is CO[C@@H]([C@H]1CCC[C@H](OS(C)(=O)=O)C1)[C@@H]1CC[C@H]1CN1C[C@@]2(CCCc3cc(Cl)ccc32)COc2ccc(C(=O)O)cc21. The van der Waals surface area contributed by atoms with Crippen molar-refractivity contribution >= 4 is 33.4 Å². The summed E-state index contributed by atoms with van der Waals surface area (Å²) in [6.07, 6.45) is 9.31. The number of rotatable bonds is 8. The van der Waals surface area contributed by atoms with E-state index in [-0.39, 0.29) is 29.1 Å². The molecule has 0 unspecified atom stereocenters. The molecule has 4 aliphatic rings. The normalized spacial score (nSPS) is 29.5. The first-order valence-corrected chi connectivity index (χ1v) is 17.7. The molecule has 8 nitrogen and oxygen atoms in total. The predicted molar refractivity (Wildman–Crippen MR) is 166 cm³/mol. The largest absolute Gasteiger partial charge is 0.490 e. The van der Waals surface area contributed by atoms with Gasteiger partial charge in [0.1, 0.15) is 5.75 Å². The van der Waals surface area contributed by atoms with E-state index < -0.39 is 16.1 Å². The van der Waals surface area contributed by atoms with Gasteiger partial charge in [-0.05, 0) is 111 Å². The molecule has 6 rings (SSSR count). The Balaban J connectivity index is 1.28. The summed E-state index contributed by atoms with van der Waals surface area (Å²) < 4.78 is 41.7. The third-order valence-corrected chi connectivity index (χ3v) is 11.2. The Kier molecular flexibility index (Phi) is 8.72. The number of carboxylic acids is 1. The quantitative estimate of drug-likeness (QED) is 0.350. The summed E-state index contributed by atoms with van der Waals surface area (Å²) in [5, 5.41) is 10.6. The van der Waals surface area contributed by atoms with Crippen LogP contribution in [0, 0.1) is 17.8 Å². The summed E-state index contributed by atoms with van der Waals surface area (Å²) in [7, 11) is -1.74. The molecule has 43 heavy (non-hydrogen) atoms. The number of carboxylic acid groups (broad SMARTS) is 1. The summed E-state index contributed by atoms with van der Waals surface area (Å²) in [6, 6.07) is 11.4. The van der Waals surface area contributed by atoms with E-state index >= 15 is 0 Å². The zero-order valence-corrected chi connectivity index (χ0v) is 26.5. The van der Waals surface area contributed by atoms with Gasteiger partial charge in [0.05, 0.1) is 36.3 Å². The third kappa shape index (κ3) is 6.42. The Labute approximate surface area is 259 Å². The van der Waals surface area contributed by atoms with Crippen molar-refractivity contribution in [2.45, 2.75) is 75.4 Å². The van der Waals surface area contributed by atoms with Crippen LogP contribution in [-0.4, -0.2) is 64.8 Å². The van der Waals surface area contributed by atoms with Gasteiger partial charge >= 0.3 is 5.97 Å². The lowest BCUT2D eigenvalue weighted by atomic mass is 9.65. The van der Waals surface area contributed by atoms with Gasteiger partial charge in [0, 0.05) is 30.6 Å². The minimum absolute atomic E-state index is 0.0178. The average Bonchev–Trinajstić information content (AvgIpc) is 3.10. The second-order valence-corrected chi connectivity index (χ2v) is 15.2. The zero-order chi connectivity index (χ0) is 30.4. The number of aromatic carboxylic acids is 1. The van der Waals surface area contributed by atoms with Gasteiger partial charge in [-0.25, -0.2) is 4.79 Å². The van der Waals surface area contributed by atoms with Crippen LogP contribution >= 0.6 is 11.6 Å². The molecule has 0 bridgehead atoms. The fourth-order valence-corrected chi connectivity index (χ4v) is 9.18. The molecule has 1 N–H and O–H groups in total. The minimum Gasteiger partial charge on any atom is -0.490 e. The highest BCUT2D eigenvalue weighted by Gasteiger charge is 2.46. The maximum absolute atomic E-state index is 12.0. The fourth-order valence-electron chi connectivity index (χ4n) is 8.32. The molecule has 0 aromatic heterocycles. The summed E-state index contributed by atoms with van der Waals surface area (Å²) in [6.45, 7) is 2.02. The Morgan fingerprint density at radius 1 is 1.16 bits per heavy atom. The van der Waals surface area contributed by atoms with Gasteiger partial charge in [-0.1, -0.05) is 24.1 Å². The number of hydrogen-bond donors (Lipinski definition) is 1. The van der Waals surface area contributed by atoms with Crippen LogP contribution in [-0.2, 0) is 30.9 Å². The molecular formula is C33H42ClNO7S. The molecule has 1 aliphatic heterocycles. The highest BCUT2D eigenvalue weighted by Crippen LogP contribution is 2.48. The second-order valence-electron chi connectivity index (χ2n) is 13.1. The lowest BCUT2D eigenvalue weighted by Gasteiger charge is -2.48. The van der Waals surface area contributed by atoms with E-state index in [0.29, 0.717) is 24.9 Å². The summed E-state index contributed by atoms with van der Waals surface area (Å²) in [5.74, 6) is 0.679. The van der Waals surface area contributed by atoms with Crippen molar-refractivity contribution in [3.63, 3.8) is 0 Å². The van der Waals surface area contributed by atoms with E-state index in [1.807, 2.05) is 6.07 Å². The molecule has 2 aromatic rings. The maximum atomic E-state index is 12.0. The first kappa shape index (κ1) is 30.7. The Bertz CT molecular complexity index is 1470. The highest BCUT2D eigenvalue weighted by atomic mass is 35.5. The van der Waals surface area contributed by atoms with Crippen molar-refractivity contribution in [2.75, 3.05) is 38.0 Å². The molecule has 1 spiro atoms. The molecular weight excluding hydrogens is 590 g/mol. The Morgan fingerprint density at radius 2 is 2.00 bits per heavy atom. The lowest BCUT2D eigenvalue weighted by Crippen LogP contribution is -2.51. The molecule has 2 aromatic carbocycles. The van der Waals surface area contributed by atoms with Crippen LogP contribution in [0.1, 0.15) is 72.9 Å². The molecule has 1 heterocycles. The van der Waals surface area contributed by atoms with Crippen molar-refractivity contribution < 1.29 is 32.0 Å². The van der Waals surface area contributed by atoms with E-state index in [2.05, 4.69) is 17.0 Å². The number of nitrogens with zero attached hydrogens (tertiary/aromatic N) is 1. The van der Waals surface area contributed by atoms with Crippen molar-refractivity contribution in [1.82, 2.24) is 0 Å². The van der Waals surface area contributed by atoms with E-state index in [1.54, 1.807) is 25.3 Å². The Hall–Kier alpha value is -2.33. The fraction of sp³-hybridized carbons (Fsp3) is 0.606. The van der Waals surface area contributed by atoms with Gasteiger partial charge in [-0.15, -0.1) is 0 Å². The van der Waals surface area contributed by atoms with E-state index in [1.165, 1.54) is 11.1 Å². The number of hydrogen-bond acceptors (Lipinski definition) is 7. The number of fused-ring (bicyclic) bond motifs is 3. The van der Waals surface area contributed by atoms with Gasteiger partial charge in [-0.2, -0.15) is 8.42 Å². The molecule has 0 amide bonds. The molecule has 0 radical (unpaired) electrons. The van der Waals surface area contributed by atoms with E-state index in [0.717, 1.165) is 87.2 Å². The maximum Gasteiger partial charge on any atom is 0.335 e. The van der Waals surface area contributed by atoms with Crippen LogP contribution in [0.2, 0.25) is 5.02 Å². The summed E-state index contributed by atoms with van der Waals surface area (Å²) in [5.41, 5.74) is 3.39. The second kappa shape index (κ2) is 12.2. The topological polar surface area (TPSA) is 102 Å². The van der Waals surface area contributed by atoms with Crippen molar-refractivity contribution in [3.05, 3.63) is 58.1 Å². The number of carbonyl (C=O) groups is 1. The zero-order valence-electron chi connectivity index (χ0n) is 25.0. The number of aryl methyl sites for hydroxylation is 1. The number of benzene rings is 2. The van der Waals surface area contributed by atoms with Crippen LogP contribution in [0.4, 0.5) is 5.69 Å². The molecule has 0 saturated heterocycles. The van der Waals surface area contributed by atoms with E-state index in [4.69, 9.17) is 25.3 Å². The van der Waals surface area contributed by atoms with Gasteiger partial charge in [-0.3, -0.25) is 4.18 Å². The van der Waals surface area contributed by atoms with E-state index in [9.17, 15) is 18.3 Å². The van der Waals surface area contributed by atoms with Crippen molar-refractivity contribution in [1.29, 1.82) is 0 Å².